The van der Waals surface area contributed by atoms with Crippen molar-refractivity contribution in [3.8, 4) is 0 Å². The van der Waals surface area contributed by atoms with E-state index in [1.807, 2.05) is 36.7 Å². The molecule has 0 saturated heterocycles. The quantitative estimate of drug-likeness (QED) is 0.462. The summed E-state index contributed by atoms with van der Waals surface area (Å²) in [5.74, 6) is -1.35. The lowest BCUT2D eigenvalue weighted by Crippen LogP contribution is -2.38. The molecule has 3 nitrogen and oxygen atoms in total. The third kappa shape index (κ3) is 3.43. The number of nitrogens with zero attached hydrogens (tertiary/aromatic N) is 2. The van der Waals surface area contributed by atoms with Crippen LogP contribution in [0.15, 0.2) is 76.2 Å². The highest BCUT2D eigenvalue weighted by atomic mass is 32.1. The molecule has 0 N–H and O–H groups in total. The Balaban J connectivity index is 0.00000112. The van der Waals surface area contributed by atoms with Crippen molar-refractivity contribution >= 4 is 22.7 Å². The Morgan fingerprint density at radius 1 is 1.00 bits per heavy atom. The van der Waals surface area contributed by atoms with E-state index in [4.69, 9.17) is 9.84 Å². The molecule has 2 aliphatic rings. The Bertz CT molecular complexity index is 1140. The summed E-state index contributed by atoms with van der Waals surface area (Å²) in [6.45, 7) is 4.00. The smallest absolute Gasteiger partial charge is 0.154 e. The van der Waals surface area contributed by atoms with Gasteiger partial charge in [-0.25, -0.2) is 18.2 Å². The zero-order valence-electron chi connectivity index (χ0n) is 17.3. The molecular formula is C24H21F3N2OS. The number of thiophene rings is 1. The third-order valence-electron chi connectivity index (χ3n) is 5.31. The van der Waals surface area contributed by atoms with Crippen molar-refractivity contribution in [2.24, 2.45) is 5.10 Å². The number of halogens is 3. The fourth-order valence-electron chi connectivity index (χ4n) is 3.96. The number of benzene rings is 2. The Morgan fingerprint density at radius 3 is 2.29 bits per heavy atom. The first kappa shape index (κ1) is 21.2. The molecule has 160 valence electrons. The summed E-state index contributed by atoms with van der Waals surface area (Å²) in [5, 5.41) is 10.2. The molecule has 5 rings (SSSR count). The van der Waals surface area contributed by atoms with Crippen LogP contribution in [-0.4, -0.2) is 18.4 Å². The van der Waals surface area contributed by atoms with Crippen LogP contribution in [-0.2, 0) is 4.74 Å². The predicted molar refractivity (Wildman–Crippen MR) is 118 cm³/mol. The fraction of sp³-hybridized carbons (Fsp3) is 0.208. The van der Waals surface area contributed by atoms with Gasteiger partial charge in [0.05, 0.1) is 24.4 Å². The lowest BCUT2D eigenvalue weighted by Gasteiger charge is -2.29. The number of ether oxygens (including phenoxy) is 1. The van der Waals surface area contributed by atoms with Gasteiger partial charge in [0.1, 0.15) is 17.4 Å². The average Bonchev–Trinajstić information content (AvgIpc) is 3.08. The van der Waals surface area contributed by atoms with Crippen molar-refractivity contribution in [1.29, 1.82) is 0 Å². The molecule has 2 unspecified atom stereocenters. The molecule has 0 saturated carbocycles. The number of hydrogen-bond acceptors (Lipinski definition) is 4. The van der Waals surface area contributed by atoms with Crippen molar-refractivity contribution in [2.45, 2.75) is 25.3 Å². The lowest BCUT2D eigenvalue weighted by molar-refractivity contribution is 0.279. The Labute approximate surface area is 183 Å². The monoisotopic (exact) mass is 442 g/mol. The van der Waals surface area contributed by atoms with Crippen molar-refractivity contribution in [2.75, 3.05) is 12.1 Å². The Kier molecular flexibility index (Phi) is 5.62. The molecule has 3 aromatic rings. The summed E-state index contributed by atoms with van der Waals surface area (Å²) in [6.07, 6.45) is 1.89. The van der Waals surface area contributed by atoms with Gasteiger partial charge >= 0.3 is 0 Å². The molecule has 2 aromatic carbocycles. The first-order valence-corrected chi connectivity index (χ1v) is 10.9. The van der Waals surface area contributed by atoms with Crippen LogP contribution in [0, 0.1) is 17.5 Å². The van der Waals surface area contributed by atoms with Crippen molar-refractivity contribution in [1.82, 2.24) is 0 Å². The highest BCUT2D eigenvalue weighted by molar-refractivity contribution is 7.08. The number of hydrazone groups is 1. The number of methoxy groups -OCH3 is 1. The van der Waals surface area contributed by atoms with Gasteiger partial charge in [0.25, 0.3) is 0 Å². The SMILES string of the molecule is CC.COC1=CC12C(c1ccsc1)C(c1ccc(F)cc1)=NN2c1ccc(F)cc1F. The first-order valence-electron chi connectivity index (χ1n) is 9.94. The molecule has 31 heavy (non-hydrogen) atoms. The molecule has 1 aromatic heterocycles. The minimum absolute atomic E-state index is 0.145. The van der Waals surface area contributed by atoms with Gasteiger partial charge in [-0.15, -0.1) is 0 Å². The van der Waals surface area contributed by atoms with Gasteiger partial charge in [-0.3, -0.25) is 0 Å². The second-order valence-electron chi connectivity index (χ2n) is 6.93. The van der Waals surface area contributed by atoms with Crippen LogP contribution in [0.5, 0.6) is 0 Å². The Hall–Kier alpha value is -3.06. The molecule has 0 amide bonds. The number of rotatable bonds is 4. The summed E-state index contributed by atoms with van der Waals surface area (Å²) in [5.41, 5.74) is 1.70. The third-order valence-corrected chi connectivity index (χ3v) is 6.01. The largest absolute Gasteiger partial charge is 0.498 e. The lowest BCUT2D eigenvalue weighted by atomic mass is 9.83. The van der Waals surface area contributed by atoms with Gasteiger partial charge in [0.2, 0.25) is 0 Å². The molecule has 2 atom stereocenters. The van der Waals surface area contributed by atoms with Crippen LogP contribution >= 0.6 is 11.3 Å². The zero-order chi connectivity index (χ0) is 22.2. The van der Waals surface area contributed by atoms with Gasteiger partial charge in [-0.2, -0.15) is 16.4 Å². The summed E-state index contributed by atoms with van der Waals surface area (Å²) in [7, 11) is 1.56. The van der Waals surface area contributed by atoms with Crippen LogP contribution < -0.4 is 5.01 Å². The summed E-state index contributed by atoms with van der Waals surface area (Å²) in [6, 6.07) is 11.4. The molecular weight excluding hydrogens is 421 g/mol. The highest BCUT2D eigenvalue weighted by Crippen LogP contribution is 2.57. The Morgan fingerprint density at radius 2 is 1.71 bits per heavy atom. The van der Waals surface area contributed by atoms with E-state index >= 15 is 0 Å². The average molecular weight is 443 g/mol. The molecule has 0 bridgehead atoms. The van der Waals surface area contributed by atoms with E-state index in [0.717, 1.165) is 17.2 Å². The van der Waals surface area contributed by atoms with Crippen molar-refractivity contribution in [3.63, 3.8) is 0 Å². The molecule has 1 aliphatic carbocycles. The van der Waals surface area contributed by atoms with Gasteiger partial charge in [0.15, 0.2) is 11.4 Å². The minimum atomic E-state index is -0.821. The second-order valence-corrected chi connectivity index (χ2v) is 7.71. The van der Waals surface area contributed by atoms with Gasteiger partial charge in [-0.05, 0) is 58.3 Å². The molecule has 1 spiro atoms. The molecule has 0 radical (unpaired) electrons. The minimum Gasteiger partial charge on any atom is -0.498 e. The molecule has 1 aliphatic heterocycles. The predicted octanol–water partition coefficient (Wildman–Crippen LogP) is 6.48. The van der Waals surface area contributed by atoms with E-state index in [1.165, 1.54) is 24.3 Å². The van der Waals surface area contributed by atoms with E-state index in [-0.39, 0.29) is 17.4 Å². The molecule has 2 heterocycles. The number of anilines is 1. The maximum atomic E-state index is 14.7. The van der Waals surface area contributed by atoms with E-state index < -0.39 is 17.2 Å². The van der Waals surface area contributed by atoms with Crippen LogP contribution in [0.4, 0.5) is 18.9 Å². The van der Waals surface area contributed by atoms with Crippen LogP contribution in [0.1, 0.15) is 30.9 Å². The summed E-state index contributed by atoms with van der Waals surface area (Å²) >= 11 is 1.54. The van der Waals surface area contributed by atoms with Crippen LogP contribution in [0.3, 0.4) is 0 Å². The van der Waals surface area contributed by atoms with E-state index in [1.54, 1.807) is 35.6 Å². The fourth-order valence-corrected chi connectivity index (χ4v) is 4.64. The zero-order valence-corrected chi connectivity index (χ0v) is 18.1. The summed E-state index contributed by atoms with van der Waals surface area (Å²) in [4.78, 5) is 0. The molecule has 0 fully saturated rings. The van der Waals surface area contributed by atoms with Gasteiger partial charge in [0, 0.05) is 6.07 Å². The maximum absolute atomic E-state index is 14.7. The van der Waals surface area contributed by atoms with Crippen LogP contribution in [0.25, 0.3) is 0 Å². The highest BCUT2D eigenvalue weighted by Gasteiger charge is 2.63. The number of hydrogen-bond donors (Lipinski definition) is 0. The van der Waals surface area contributed by atoms with Gasteiger partial charge < -0.3 is 4.74 Å². The van der Waals surface area contributed by atoms with Crippen molar-refractivity contribution in [3.05, 3.63) is 99.7 Å². The topological polar surface area (TPSA) is 24.8 Å². The standard InChI is InChI=1S/C22H15F3N2OS.C2H6/c1-28-19-11-22(19)20(14-8-9-29-12-14)21(13-2-4-15(23)5-3-13)26-27(22)18-7-6-16(24)10-17(18)25;1-2/h2-12,20H,1H3;1-2H3. The van der Waals surface area contributed by atoms with Gasteiger partial charge in [-0.1, -0.05) is 26.0 Å². The maximum Gasteiger partial charge on any atom is 0.154 e. The van der Waals surface area contributed by atoms with E-state index in [2.05, 4.69) is 0 Å². The summed E-state index contributed by atoms with van der Waals surface area (Å²) < 4.78 is 47.2. The van der Waals surface area contributed by atoms with E-state index in [9.17, 15) is 13.2 Å². The van der Waals surface area contributed by atoms with E-state index in [0.29, 0.717) is 11.5 Å². The normalized spacial score (nSPS) is 21.4. The first-order chi connectivity index (χ1) is 15.0. The second kappa shape index (κ2) is 8.23. The van der Waals surface area contributed by atoms with Crippen LogP contribution in [0.2, 0.25) is 0 Å². The molecule has 7 heteroatoms. The van der Waals surface area contributed by atoms with Crippen molar-refractivity contribution < 1.29 is 17.9 Å².